The number of rotatable bonds is 5. The molecule has 2 N–H and O–H groups in total. The molecule has 2 rings (SSSR count). The van der Waals surface area contributed by atoms with Crippen molar-refractivity contribution in [1.82, 2.24) is 5.32 Å². The standard InChI is InChI=1S/C14H14ClNO5/c1-7-8-4-3-5-9(15)12(8)21-11(7)13(17)16-10(6-20-2)14(18)19/h3-5,10H,6H2,1-2H3,(H,16,17)(H,18,19). The Balaban J connectivity index is 2.33. The lowest BCUT2D eigenvalue weighted by atomic mass is 10.1. The first-order valence-electron chi connectivity index (χ1n) is 6.16. The van der Waals surface area contributed by atoms with E-state index in [2.05, 4.69) is 5.32 Å². The maximum absolute atomic E-state index is 12.2. The lowest BCUT2D eigenvalue weighted by Crippen LogP contribution is -2.43. The molecule has 1 unspecified atom stereocenters. The van der Waals surface area contributed by atoms with Crippen LogP contribution in [0.4, 0.5) is 0 Å². The third kappa shape index (κ3) is 3.01. The van der Waals surface area contributed by atoms with Crippen LogP contribution in [-0.4, -0.2) is 36.7 Å². The van der Waals surface area contributed by atoms with Gasteiger partial charge in [0.25, 0.3) is 5.91 Å². The van der Waals surface area contributed by atoms with Crippen molar-refractivity contribution in [3.8, 4) is 0 Å². The molecule has 1 amide bonds. The van der Waals surface area contributed by atoms with Gasteiger partial charge in [-0.05, 0) is 13.0 Å². The molecule has 112 valence electrons. The molecular weight excluding hydrogens is 298 g/mol. The van der Waals surface area contributed by atoms with E-state index in [0.717, 1.165) is 0 Å². The minimum atomic E-state index is -1.18. The second kappa shape index (κ2) is 6.15. The fourth-order valence-corrected chi connectivity index (χ4v) is 2.20. The zero-order chi connectivity index (χ0) is 15.6. The third-order valence-corrected chi connectivity index (χ3v) is 3.36. The van der Waals surface area contributed by atoms with Crippen LogP contribution in [0, 0.1) is 6.92 Å². The maximum atomic E-state index is 12.2. The number of furan rings is 1. The second-order valence-electron chi connectivity index (χ2n) is 4.49. The highest BCUT2D eigenvalue weighted by Gasteiger charge is 2.25. The average molecular weight is 312 g/mol. The van der Waals surface area contributed by atoms with Crippen molar-refractivity contribution in [1.29, 1.82) is 0 Å². The molecule has 21 heavy (non-hydrogen) atoms. The van der Waals surface area contributed by atoms with Gasteiger partial charge in [0.1, 0.15) is 0 Å². The number of amides is 1. The van der Waals surface area contributed by atoms with E-state index in [1.54, 1.807) is 25.1 Å². The Morgan fingerprint density at radius 3 is 2.76 bits per heavy atom. The SMILES string of the molecule is COCC(NC(=O)c1oc2c(Cl)cccc2c1C)C(=O)O. The van der Waals surface area contributed by atoms with Crippen molar-refractivity contribution in [3.63, 3.8) is 0 Å². The van der Waals surface area contributed by atoms with E-state index < -0.39 is 17.9 Å². The van der Waals surface area contributed by atoms with Gasteiger partial charge in [-0.15, -0.1) is 0 Å². The number of carbonyl (C=O) groups is 2. The first-order valence-corrected chi connectivity index (χ1v) is 6.53. The van der Waals surface area contributed by atoms with Gasteiger partial charge in [-0.25, -0.2) is 4.79 Å². The summed E-state index contributed by atoms with van der Waals surface area (Å²) in [5.41, 5.74) is 1.01. The summed E-state index contributed by atoms with van der Waals surface area (Å²) < 4.78 is 10.2. The van der Waals surface area contributed by atoms with Crippen LogP contribution in [0.5, 0.6) is 0 Å². The molecule has 0 saturated heterocycles. The number of benzene rings is 1. The summed E-state index contributed by atoms with van der Waals surface area (Å²) >= 11 is 6.01. The highest BCUT2D eigenvalue weighted by molar-refractivity contribution is 6.35. The summed E-state index contributed by atoms with van der Waals surface area (Å²) in [7, 11) is 1.36. The van der Waals surface area contributed by atoms with Crippen LogP contribution < -0.4 is 5.32 Å². The Kier molecular flexibility index (Phi) is 4.50. The van der Waals surface area contributed by atoms with Gasteiger partial charge in [0.2, 0.25) is 0 Å². The van der Waals surface area contributed by atoms with Crippen LogP contribution in [0.25, 0.3) is 11.0 Å². The highest BCUT2D eigenvalue weighted by atomic mass is 35.5. The molecular formula is C14H14ClNO5. The number of methoxy groups -OCH3 is 1. The van der Waals surface area contributed by atoms with Crippen LogP contribution >= 0.6 is 11.6 Å². The lowest BCUT2D eigenvalue weighted by molar-refractivity contribution is -0.140. The molecule has 0 spiro atoms. The topological polar surface area (TPSA) is 88.8 Å². The molecule has 1 atom stereocenters. The minimum absolute atomic E-state index is 0.0421. The molecule has 0 aliphatic carbocycles. The number of hydrogen-bond donors (Lipinski definition) is 2. The van der Waals surface area contributed by atoms with Crippen molar-refractivity contribution >= 4 is 34.4 Å². The van der Waals surface area contributed by atoms with Crippen LogP contribution in [0.15, 0.2) is 22.6 Å². The first kappa shape index (κ1) is 15.3. The summed E-state index contributed by atoms with van der Waals surface area (Å²) in [6, 6.07) is 4.03. The van der Waals surface area contributed by atoms with Gasteiger partial charge in [0.05, 0.1) is 11.6 Å². The molecule has 0 aliphatic rings. The number of carbonyl (C=O) groups excluding carboxylic acids is 1. The molecule has 0 saturated carbocycles. The number of nitrogens with one attached hydrogen (secondary N) is 1. The second-order valence-corrected chi connectivity index (χ2v) is 4.90. The number of hydrogen-bond acceptors (Lipinski definition) is 4. The Morgan fingerprint density at radius 1 is 1.48 bits per heavy atom. The fraction of sp³-hybridized carbons (Fsp3) is 0.286. The highest BCUT2D eigenvalue weighted by Crippen LogP contribution is 2.30. The quantitative estimate of drug-likeness (QED) is 0.884. The predicted octanol–water partition coefficient (Wildman–Crippen LogP) is 2.22. The number of aryl methyl sites for hydroxylation is 1. The zero-order valence-corrected chi connectivity index (χ0v) is 12.2. The van der Waals surface area contributed by atoms with Crippen molar-refractivity contribution in [2.45, 2.75) is 13.0 Å². The number of carboxylic acids is 1. The number of carboxylic acid groups (broad SMARTS) is 1. The number of halogens is 1. The molecule has 1 heterocycles. The van der Waals surface area contributed by atoms with E-state index in [9.17, 15) is 9.59 Å². The molecule has 1 aromatic heterocycles. The van der Waals surface area contributed by atoms with Crippen molar-refractivity contribution < 1.29 is 23.8 Å². The summed E-state index contributed by atoms with van der Waals surface area (Å²) in [5, 5.41) is 12.5. The Labute approximate surface area is 125 Å². The largest absolute Gasteiger partial charge is 0.480 e. The number of fused-ring (bicyclic) bond motifs is 1. The van der Waals surface area contributed by atoms with E-state index in [1.807, 2.05) is 0 Å². The Bertz CT molecular complexity index is 694. The van der Waals surface area contributed by atoms with Gasteiger partial charge < -0.3 is 19.6 Å². The van der Waals surface area contributed by atoms with Gasteiger partial charge in [-0.3, -0.25) is 4.79 Å². The van der Waals surface area contributed by atoms with Crippen LogP contribution in [-0.2, 0) is 9.53 Å². The van der Waals surface area contributed by atoms with Gasteiger partial charge in [0.15, 0.2) is 17.4 Å². The van der Waals surface area contributed by atoms with Crippen molar-refractivity contribution in [3.05, 3.63) is 34.5 Å². The number of ether oxygens (including phenoxy) is 1. The average Bonchev–Trinajstić information content (AvgIpc) is 2.77. The summed E-state index contributed by atoms with van der Waals surface area (Å²) in [6.07, 6.45) is 0. The van der Waals surface area contributed by atoms with E-state index in [4.69, 9.17) is 25.9 Å². The van der Waals surface area contributed by atoms with Crippen LogP contribution in [0.2, 0.25) is 5.02 Å². The molecule has 2 aromatic rings. The monoisotopic (exact) mass is 311 g/mol. The number of aliphatic carboxylic acids is 1. The van der Waals surface area contributed by atoms with Crippen LogP contribution in [0.1, 0.15) is 16.1 Å². The van der Waals surface area contributed by atoms with Gasteiger partial charge in [-0.1, -0.05) is 23.7 Å². The zero-order valence-electron chi connectivity index (χ0n) is 11.5. The molecule has 0 bridgehead atoms. The Hall–Kier alpha value is -2.05. The summed E-state index contributed by atoms with van der Waals surface area (Å²) in [5.74, 6) is -1.76. The van der Waals surface area contributed by atoms with Gasteiger partial charge >= 0.3 is 5.97 Å². The lowest BCUT2D eigenvalue weighted by Gasteiger charge is -2.12. The van der Waals surface area contributed by atoms with Crippen molar-refractivity contribution in [2.24, 2.45) is 0 Å². The molecule has 0 aliphatic heterocycles. The maximum Gasteiger partial charge on any atom is 0.328 e. The normalized spacial score (nSPS) is 12.3. The van der Waals surface area contributed by atoms with Gasteiger partial charge in [-0.2, -0.15) is 0 Å². The number of para-hydroxylation sites is 1. The minimum Gasteiger partial charge on any atom is -0.480 e. The summed E-state index contributed by atoms with van der Waals surface area (Å²) in [6.45, 7) is 1.57. The van der Waals surface area contributed by atoms with Gasteiger partial charge in [0, 0.05) is 18.1 Å². The first-order chi connectivity index (χ1) is 9.95. The molecule has 1 aromatic carbocycles. The molecule has 0 radical (unpaired) electrons. The smallest absolute Gasteiger partial charge is 0.328 e. The predicted molar refractivity (Wildman–Crippen MR) is 76.7 cm³/mol. The van der Waals surface area contributed by atoms with E-state index >= 15 is 0 Å². The fourth-order valence-electron chi connectivity index (χ4n) is 1.99. The molecule has 6 nitrogen and oxygen atoms in total. The van der Waals surface area contributed by atoms with E-state index in [-0.39, 0.29) is 12.4 Å². The third-order valence-electron chi connectivity index (χ3n) is 3.06. The van der Waals surface area contributed by atoms with Crippen molar-refractivity contribution in [2.75, 3.05) is 13.7 Å². The van der Waals surface area contributed by atoms with E-state index in [1.165, 1.54) is 7.11 Å². The summed E-state index contributed by atoms with van der Waals surface area (Å²) in [4.78, 5) is 23.2. The van der Waals surface area contributed by atoms with Crippen LogP contribution in [0.3, 0.4) is 0 Å². The molecule has 0 fully saturated rings. The van der Waals surface area contributed by atoms with E-state index in [0.29, 0.717) is 21.6 Å². The Morgan fingerprint density at radius 2 is 2.19 bits per heavy atom. The molecule has 7 heteroatoms.